The van der Waals surface area contributed by atoms with Gasteiger partial charge in [0.1, 0.15) is 5.75 Å². The molecule has 4 aromatic rings. The van der Waals surface area contributed by atoms with E-state index in [-0.39, 0.29) is 12.1 Å². The lowest BCUT2D eigenvalue weighted by Gasteiger charge is -2.28. The molecule has 3 heterocycles. The third kappa shape index (κ3) is 5.23. The number of ether oxygens (including phenoxy) is 1. The van der Waals surface area contributed by atoms with Crippen LogP contribution in [0.5, 0.6) is 5.75 Å². The zero-order valence-corrected chi connectivity index (χ0v) is 24.2. The molecule has 0 amide bonds. The molecule has 7 heteroatoms. The molecule has 1 N–H and O–H groups in total. The SMILES string of the molecule is CCN(CC)c1ccc(-n2c(C)cc([C@@H]3[C@H](c4ccccn4)NC(=S)N3Cc3ccc(OC)cc3)c2C)cc1. The predicted octanol–water partition coefficient (Wildman–Crippen LogP) is 6.52. The first-order chi connectivity index (χ1) is 18.9. The van der Waals surface area contributed by atoms with Gasteiger partial charge < -0.3 is 24.4 Å². The quantitative estimate of drug-likeness (QED) is 0.245. The van der Waals surface area contributed by atoms with Crippen LogP contribution >= 0.6 is 12.2 Å². The zero-order valence-electron chi connectivity index (χ0n) is 23.4. The molecule has 1 aliphatic heterocycles. The van der Waals surface area contributed by atoms with E-state index in [0.29, 0.717) is 6.54 Å². The van der Waals surface area contributed by atoms with E-state index in [9.17, 15) is 0 Å². The van der Waals surface area contributed by atoms with Gasteiger partial charge in [-0.25, -0.2) is 0 Å². The number of aryl methyl sites for hydroxylation is 1. The van der Waals surface area contributed by atoms with Crippen LogP contribution in [0.3, 0.4) is 0 Å². The highest BCUT2D eigenvalue weighted by Gasteiger charge is 2.41. The summed E-state index contributed by atoms with van der Waals surface area (Å²) in [7, 11) is 1.69. The van der Waals surface area contributed by atoms with Crippen LogP contribution in [-0.2, 0) is 6.54 Å². The van der Waals surface area contributed by atoms with Crippen molar-refractivity contribution < 1.29 is 4.74 Å². The minimum Gasteiger partial charge on any atom is -0.497 e. The Kier molecular flexibility index (Phi) is 7.89. The van der Waals surface area contributed by atoms with Crippen LogP contribution < -0.4 is 15.0 Å². The van der Waals surface area contributed by atoms with Gasteiger partial charge in [0.25, 0.3) is 0 Å². The second kappa shape index (κ2) is 11.5. The summed E-state index contributed by atoms with van der Waals surface area (Å²) in [4.78, 5) is 9.38. The smallest absolute Gasteiger partial charge is 0.170 e. The van der Waals surface area contributed by atoms with Gasteiger partial charge >= 0.3 is 0 Å². The third-order valence-electron chi connectivity index (χ3n) is 7.74. The van der Waals surface area contributed by atoms with Crippen molar-refractivity contribution in [3.05, 3.63) is 107 Å². The molecule has 0 aliphatic carbocycles. The molecule has 0 bridgehead atoms. The van der Waals surface area contributed by atoms with Crippen molar-refractivity contribution in [2.75, 3.05) is 25.1 Å². The summed E-state index contributed by atoms with van der Waals surface area (Å²) in [6.07, 6.45) is 1.85. The van der Waals surface area contributed by atoms with Gasteiger partial charge in [-0.15, -0.1) is 0 Å². The van der Waals surface area contributed by atoms with E-state index in [2.05, 4.69) is 95.9 Å². The van der Waals surface area contributed by atoms with Gasteiger partial charge in [-0.2, -0.15) is 0 Å². The second-order valence-electron chi connectivity index (χ2n) is 9.95. The minimum atomic E-state index is -0.0593. The Morgan fingerprint density at radius 1 is 0.974 bits per heavy atom. The summed E-state index contributed by atoms with van der Waals surface area (Å²) in [5, 5.41) is 4.33. The van der Waals surface area contributed by atoms with Crippen molar-refractivity contribution in [2.24, 2.45) is 0 Å². The van der Waals surface area contributed by atoms with Crippen LogP contribution in [0, 0.1) is 13.8 Å². The van der Waals surface area contributed by atoms with E-state index in [1.54, 1.807) is 7.11 Å². The summed E-state index contributed by atoms with van der Waals surface area (Å²) in [5.74, 6) is 0.847. The second-order valence-corrected chi connectivity index (χ2v) is 10.3. The molecular formula is C32H37N5OS. The number of methoxy groups -OCH3 is 1. The first-order valence-corrected chi connectivity index (χ1v) is 14.0. The van der Waals surface area contributed by atoms with Crippen LogP contribution in [0.15, 0.2) is 79.0 Å². The summed E-state index contributed by atoms with van der Waals surface area (Å²) < 4.78 is 7.72. The molecule has 39 heavy (non-hydrogen) atoms. The van der Waals surface area contributed by atoms with Gasteiger partial charge in [-0.05, 0) is 106 Å². The molecule has 1 aliphatic rings. The standard InChI is InChI=1S/C32H37N5OS/c1-6-35(7-2)25-13-15-26(16-14-25)37-22(3)20-28(23(37)4)31-30(29-10-8-9-19-33-29)34-32(39)36(31)21-24-11-17-27(38-5)18-12-24/h8-20,30-31H,6-7,21H2,1-5H3,(H,34,39)/t30-,31+/m0/s1. The Labute approximate surface area is 237 Å². The average Bonchev–Trinajstić information content (AvgIpc) is 3.44. The first-order valence-electron chi connectivity index (χ1n) is 13.6. The highest BCUT2D eigenvalue weighted by molar-refractivity contribution is 7.80. The average molecular weight is 540 g/mol. The number of benzene rings is 2. The lowest BCUT2D eigenvalue weighted by molar-refractivity contribution is 0.310. The fraction of sp³-hybridized carbons (Fsp3) is 0.312. The number of rotatable bonds is 9. The molecule has 1 saturated heterocycles. The normalized spacial score (nSPS) is 16.8. The first kappa shape index (κ1) is 26.8. The van der Waals surface area contributed by atoms with Gasteiger partial charge in [0.15, 0.2) is 5.11 Å². The fourth-order valence-corrected chi connectivity index (χ4v) is 6.03. The van der Waals surface area contributed by atoms with Crippen molar-refractivity contribution in [3.8, 4) is 11.4 Å². The van der Waals surface area contributed by atoms with Gasteiger partial charge in [-0.3, -0.25) is 4.98 Å². The van der Waals surface area contributed by atoms with Crippen LogP contribution in [-0.4, -0.2) is 39.8 Å². The monoisotopic (exact) mass is 539 g/mol. The maximum absolute atomic E-state index is 5.93. The molecule has 0 saturated carbocycles. The number of thiocarbonyl (C=S) groups is 1. The largest absolute Gasteiger partial charge is 0.497 e. The number of hydrogen-bond acceptors (Lipinski definition) is 4. The third-order valence-corrected chi connectivity index (χ3v) is 8.09. The summed E-state index contributed by atoms with van der Waals surface area (Å²) in [6.45, 7) is 11.5. The molecule has 1 fully saturated rings. The zero-order chi connectivity index (χ0) is 27.5. The number of nitrogens with zero attached hydrogens (tertiary/aromatic N) is 4. The van der Waals surface area contributed by atoms with Gasteiger partial charge in [0.2, 0.25) is 0 Å². The Morgan fingerprint density at radius 2 is 1.69 bits per heavy atom. The molecule has 6 nitrogen and oxygen atoms in total. The molecule has 0 spiro atoms. The topological polar surface area (TPSA) is 45.6 Å². The van der Waals surface area contributed by atoms with Crippen molar-refractivity contribution in [1.82, 2.24) is 19.8 Å². The molecule has 0 unspecified atom stereocenters. The molecule has 2 aromatic heterocycles. The Bertz CT molecular complexity index is 1410. The van der Waals surface area contributed by atoms with E-state index in [1.807, 2.05) is 30.5 Å². The van der Waals surface area contributed by atoms with Crippen LogP contribution in [0.4, 0.5) is 5.69 Å². The minimum absolute atomic E-state index is 0.00982. The molecule has 0 radical (unpaired) electrons. The Balaban J connectivity index is 1.55. The molecule has 2 atom stereocenters. The molecule has 2 aromatic carbocycles. The van der Waals surface area contributed by atoms with Gasteiger partial charge in [-0.1, -0.05) is 18.2 Å². The van der Waals surface area contributed by atoms with Crippen LogP contribution in [0.25, 0.3) is 5.69 Å². The predicted molar refractivity (Wildman–Crippen MR) is 163 cm³/mol. The van der Waals surface area contributed by atoms with Crippen molar-refractivity contribution in [3.63, 3.8) is 0 Å². The van der Waals surface area contributed by atoms with Crippen molar-refractivity contribution in [1.29, 1.82) is 0 Å². The molecule has 5 rings (SSSR count). The lowest BCUT2D eigenvalue weighted by Crippen LogP contribution is -2.29. The number of pyridine rings is 1. The number of hydrogen-bond donors (Lipinski definition) is 1. The number of aromatic nitrogens is 2. The van der Waals surface area contributed by atoms with Crippen LogP contribution in [0.2, 0.25) is 0 Å². The highest BCUT2D eigenvalue weighted by atomic mass is 32.1. The van der Waals surface area contributed by atoms with Crippen molar-refractivity contribution >= 4 is 23.0 Å². The molecular weight excluding hydrogens is 502 g/mol. The van der Waals surface area contributed by atoms with Gasteiger partial charge in [0.05, 0.1) is 24.9 Å². The van der Waals surface area contributed by atoms with E-state index < -0.39 is 0 Å². The molecule has 202 valence electrons. The van der Waals surface area contributed by atoms with Gasteiger partial charge in [0, 0.05) is 48.6 Å². The van der Waals surface area contributed by atoms with E-state index in [1.165, 1.54) is 28.2 Å². The summed E-state index contributed by atoms with van der Waals surface area (Å²) >= 11 is 5.93. The highest BCUT2D eigenvalue weighted by Crippen LogP contribution is 2.42. The Hall–Kier alpha value is -3.84. The Morgan fingerprint density at radius 3 is 2.31 bits per heavy atom. The number of nitrogens with one attached hydrogen (secondary N) is 1. The van der Waals surface area contributed by atoms with E-state index in [4.69, 9.17) is 21.9 Å². The van der Waals surface area contributed by atoms with E-state index in [0.717, 1.165) is 35.3 Å². The number of anilines is 1. The maximum atomic E-state index is 5.93. The lowest BCUT2D eigenvalue weighted by atomic mass is 9.96. The van der Waals surface area contributed by atoms with E-state index >= 15 is 0 Å². The van der Waals surface area contributed by atoms with Crippen molar-refractivity contribution in [2.45, 2.75) is 46.3 Å². The van der Waals surface area contributed by atoms with Crippen LogP contribution in [0.1, 0.15) is 54.1 Å². The summed E-state index contributed by atoms with van der Waals surface area (Å²) in [6, 6.07) is 25.4. The fourth-order valence-electron chi connectivity index (χ4n) is 5.73. The maximum Gasteiger partial charge on any atom is 0.170 e. The summed E-state index contributed by atoms with van der Waals surface area (Å²) in [5.41, 5.74) is 8.22.